The number of hydrogen-bond acceptors (Lipinski definition) is 5. The lowest BCUT2D eigenvalue weighted by molar-refractivity contribution is 0.0691. The molecule has 0 saturated carbocycles. The Hall–Kier alpha value is -0.980. The number of carboxylic acid groups (broad SMARTS) is 1. The Morgan fingerprint density at radius 2 is 2.28 bits per heavy atom. The van der Waals surface area contributed by atoms with Crippen molar-refractivity contribution in [2.75, 3.05) is 23.9 Å². The van der Waals surface area contributed by atoms with Crippen LogP contribution in [0.5, 0.6) is 0 Å². The molecule has 0 aromatic carbocycles. The molecule has 1 rings (SSSR count). The van der Waals surface area contributed by atoms with E-state index in [9.17, 15) is 9.90 Å². The lowest BCUT2D eigenvalue weighted by atomic mass is 10.1. The van der Waals surface area contributed by atoms with E-state index in [0.717, 1.165) is 0 Å². The molecule has 0 fully saturated rings. The number of thioether (sulfide) groups is 1. The minimum absolute atomic E-state index is 0.0870. The highest BCUT2D eigenvalue weighted by molar-refractivity contribution is 7.98. The summed E-state index contributed by atoms with van der Waals surface area (Å²) in [5.41, 5.74) is -1.09. The van der Waals surface area contributed by atoms with Gasteiger partial charge in [-0.15, -0.1) is 0 Å². The Morgan fingerprint density at radius 3 is 2.83 bits per heavy atom. The molecule has 0 saturated heterocycles. The minimum Gasteiger partial charge on any atom is -0.476 e. The fraction of sp³-hybridized carbons (Fsp3) is 0.455. The summed E-state index contributed by atoms with van der Waals surface area (Å²) >= 11 is 7.24. The van der Waals surface area contributed by atoms with Gasteiger partial charge in [0.2, 0.25) is 0 Å². The van der Waals surface area contributed by atoms with Crippen molar-refractivity contribution in [3.05, 3.63) is 22.8 Å². The zero-order valence-corrected chi connectivity index (χ0v) is 11.7. The highest BCUT2D eigenvalue weighted by atomic mass is 35.5. The van der Waals surface area contributed by atoms with E-state index in [1.807, 2.05) is 6.26 Å². The number of nitrogens with one attached hydrogen (secondary N) is 1. The summed E-state index contributed by atoms with van der Waals surface area (Å²) in [5, 5.41) is 21.8. The second-order valence-electron chi connectivity index (χ2n) is 4.12. The first kappa shape index (κ1) is 15.1. The number of pyridine rings is 1. The molecule has 0 bridgehead atoms. The van der Waals surface area contributed by atoms with Gasteiger partial charge in [-0.1, -0.05) is 11.6 Å². The third-order valence-corrected chi connectivity index (χ3v) is 3.37. The van der Waals surface area contributed by atoms with Gasteiger partial charge in [0.1, 0.15) is 5.82 Å². The predicted molar refractivity (Wildman–Crippen MR) is 73.7 cm³/mol. The summed E-state index contributed by atoms with van der Waals surface area (Å²) in [7, 11) is 0. The van der Waals surface area contributed by atoms with Crippen LogP contribution in [-0.4, -0.2) is 45.3 Å². The second kappa shape index (κ2) is 6.26. The Morgan fingerprint density at radius 1 is 1.61 bits per heavy atom. The molecule has 0 aliphatic carbocycles. The summed E-state index contributed by atoms with van der Waals surface area (Å²) in [6.45, 7) is 1.98. The van der Waals surface area contributed by atoms with Gasteiger partial charge in [0.15, 0.2) is 5.69 Å². The van der Waals surface area contributed by atoms with Gasteiger partial charge < -0.3 is 15.5 Å². The highest BCUT2D eigenvalue weighted by Gasteiger charge is 2.20. The molecule has 100 valence electrons. The normalized spacial score (nSPS) is 14.0. The van der Waals surface area contributed by atoms with Crippen molar-refractivity contribution in [2.24, 2.45) is 0 Å². The van der Waals surface area contributed by atoms with Gasteiger partial charge in [0.05, 0.1) is 10.6 Å². The molecular formula is C11H15ClN2O3S. The van der Waals surface area contributed by atoms with Crippen molar-refractivity contribution in [1.29, 1.82) is 0 Å². The second-order valence-corrected chi connectivity index (χ2v) is 5.39. The molecule has 0 radical (unpaired) electrons. The molecule has 0 aliphatic heterocycles. The van der Waals surface area contributed by atoms with Gasteiger partial charge in [-0.25, -0.2) is 9.78 Å². The maximum Gasteiger partial charge on any atom is 0.356 e. The number of halogens is 1. The van der Waals surface area contributed by atoms with E-state index >= 15 is 0 Å². The molecule has 18 heavy (non-hydrogen) atoms. The van der Waals surface area contributed by atoms with Crippen LogP contribution in [0.2, 0.25) is 5.02 Å². The van der Waals surface area contributed by atoms with E-state index < -0.39 is 11.6 Å². The Balaban J connectivity index is 2.74. The maximum absolute atomic E-state index is 10.9. The number of rotatable bonds is 6. The van der Waals surface area contributed by atoms with Crippen LogP contribution < -0.4 is 5.32 Å². The molecule has 1 aromatic heterocycles. The van der Waals surface area contributed by atoms with E-state index in [0.29, 0.717) is 11.6 Å². The number of aromatic nitrogens is 1. The molecule has 1 heterocycles. The van der Waals surface area contributed by atoms with E-state index in [4.69, 9.17) is 16.7 Å². The first-order chi connectivity index (χ1) is 8.35. The lowest BCUT2D eigenvalue weighted by Gasteiger charge is -2.22. The van der Waals surface area contributed by atoms with Gasteiger partial charge in [-0.3, -0.25) is 0 Å². The van der Waals surface area contributed by atoms with Crippen LogP contribution in [-0.2, 0) is 0 Å². The fourth-order valence-corrected chi connectivity index (χ4v) is 2.24. The van der Waals surface area contributed by atoms with Crippen molar-refractivity contribution in [1.82, 2.24) is 4.98 Å². The first-order valence-corrected chi connectivity index (χ1v) is 6.98. The Labute approximate surface area is 115 Å². The Kier molecular flexibility index (Phi) is 5.25. The average Bonchev–Trinajstić information content (AvgIpc) is 2.27. The van der Waals surface area contributed by atoms with Crippen LogP contribution in [0.3, 0.4) is 0 Å². The van der Waals surface area contributed by atoms with Crippen LogP contribution in [0.1, 0.15) is 17.4 Å². The van der Waals surface area contributed by atoms with Gasteiger partial charge in [-0.2, -0.15) is 11.8 Å². The van der Waals surface area contributed by atoms with Gasteiger partial charge in [-0.05, 0) is 25.3 Å². The number of hydrogen-bond donors (Lipinski definition) is 3. The summed E-state index contributed by atoms with van der Waals surface area (Å²) in [6, 6.07) is 3.04. The SMILES string of the molecule is CSCC(C)(O)CNc1ccc(Cl)c(C(=O)O)n1. The first-order valence-electron chi connectivity index (χ1n) is 5.21. The van der Waals surface area contributed by atoms with Crippen molar-refractivity contribution in [3.8, 4) is 0 Å². The molecule has 1 aromatic rings. The standard InChI is InChI=1S/C11H15ClN2O3S/c1-11(17,6-18-2)5-13-8-4-3-7(12)9(14-8)10(15)16/h3-4,17H,5-6H2,1-2H3,(H,13,14)(H,15,16). The summed E-state index contributed by atoms with van der Waals surface area (Å²) in [6.07, 6.45) is 1.90. The van der Waals surface area contributed by atoms with Crippen LogP contribution in [0.25, 0.3) is 0 Å². The van der Waals surface area contributed by atoms with Gasteiger partial charge >= 0.3 is 5.97 Å². The zero-order chi connectivity index (χ0) is 13.8. The van der Waals surface area contributed by atoms with Crippen LogP contribution in [0.15, 0.2) is 12.1 Å². The summed E-state index contributed by atoms with van der Waals surface area (Å²) in [5.74, 6) is -0.239. The number of aliphatic hydroxyl groups is 1. The van der Waals surface area contributed by atoms with E-state index in [1.165, 1.54) is 17.8 Å². The quantitative estimate of drug-likeness (QED) is 0.743. The molecule has 1 unspecified atom stereocenters. The predicted octanol–water partition coefficient (Wildman–Crippen LogP) is 1.96. The minimum atomic E-state index is -1.18. The van der Waals surface area contributed by atoms with Crippen LogP contribution in [0.4, 0.5) is 5.82 Å². The van der Waals surface area contributed by atoms with Crippen LogP contribution in [0, 0.1) is 0 Å². The lowest BCUT2D eigenvalue weighted by Crippen LogP contribution is -2.36. The van der Waals surface area contributed by atoms with E-state index in [1.54, 1.807) is 13.0 Å². The van der Waals surface area contributed by atoms with E-state index in [-0.39, 0.29) is 17.3 Å². The molecule has 0 amide bonds. The molecule has 1 atom stereocenters. The largest absolute Gasteiger partial charge is 0.476 e. The molecule has 7 heteroatoms. The number of aromatic carboxylic acids is 1. The van der Waals surface area contributed by atoms with Gasteiger partial charge in [0.25, 0.3) is 0 Å². The number of carboxylic acids is 1. The third kappa shape index (κ3) is 4.36. The smallest absolute Gasteiger partial charge is 0.356 e. The molecule has 5 nitrogen and oxygen atoms in total. The summed E-state index contributed by atoms with van der Waals surface area (Å²) < 4.78 is 0. The van der Waals surface area contributed by atoms with Crippen LogP contribution >= 0.6 is 23.4 Å². The van der Waals surface area contributed by atoms with Gasteiger partial charge in [0, 0.05) is 12.3 Å². The van der Waals surface area contributed by atoms with Crippen molar-refractivity contribution in [2.45, 2.75) is 12.5 Å². The molecule has 0 spiro atoms. The monoisotopic (exact) mass is 290 g/mol. The number of anilines is 1. The molecule has 0 aliphatic rings. The van der Waals surface area contributed by atoms with Crippen molar-refractivity contribution < 1.29 is 15.0 Å². The van der Waals surface area contributed by atoms with Crippen molar-refractivity contribution >= 4 is 35.1 Å². The number of carbonyl (C=O) groups is 1. The average molecular weight is 291 g/mol. The third-order valence-electron chi connectivity index (χ3n) is 2.15. The molecule has 3 N–H and O–H groups in total. The summed E-state index contributed by atoms with van der Waals surface area (Å²) in [4.78, 5) is 14.7. The molecular weight excluding hydrogens is 276 g/mol. The van der Waals surface area contributed by atoms with E-state index in [2.05, 4.69) is 10.3 Å². The topological polar surface area (TPSA) is 82.5 Å². The maximum atomic E-state index is 10.9. The highest BCUT2D eigenvalue weighted by Crippen LogP contribution is 2.18. The zero-order valence-electron chi connectivity index (χ0n) is 10.1. The Bertz CT molecular complexity index is 440. The van der Waals surface area contributed by atoms with Crippen molar-refractivity contribution in [3.63, 3.8) is 0 Å². The number of nitrogens with zero attached hydrogens (tertiary/aromatic N) is 1. The fourth-order valence-electron chi connectivity index (χ4n) is 1.33.